The third kappa shape index (κ3) is 3.84. The summed E-state index contributed by atoms with van der Waals surface area (Å²) in [7, 11) is 0. The fraction of sp³-hybridized carbons (Fsp3) is 0.600. The van der Waals surface area contributed by atoms with Gasteiger partial charge in [0.25, 0.3) is 5.69 Å². The third-order valence-corrected chi connectivity index (χ3v) is 4.52. The highest BCUT2D eigenvalue weighted by Gasteiger charge is 2.25. The Kier molecular flexibility index (Phi) is 5.39. The van der Waals surface area contributed by atoms with E-state index >= 15 is 0 Å². The molecule has 1 aromatic carbocycles. The number of nitro groups is 1. The van der Waals surface area contributed by atoms with Crippen molar-refractivity contribution in [3.63, 3.8) is 0 Å². The lowest BCUT2D eigenvalue weighted by Gasteiger charge is -2.30. The fourth-order valence-electron chi connectivity index (χ4n) is 3.09. The molecule has 1 saturated carbocycles. The first kappa shape index (κ1) is 16.0. The van der Waals surface area contributed by atoms with E-state index in [1.54, 1.807) is 0 Å². The standard InChI is InChI=1S/C15H20ClFN2O2/c1-2-13(10-6-4-3-5-7-10)18-14-9-12(17)11(16)8-15(14)19(20)21/h8-10,13,18H,2-7H2,1H3. The van der Waals surface area contributed by atoms with Crippen LogP contribution >= 0.6 is 11.6 Å². The van der Waals surface area contributed by atoms with Gasteiger partial charge in [-0.25, -0.2) is 4.39 Å². The summed E-state index contributed by atoms with van der Waals surface area (Å²) in [5.74, 6) is -0.148. The third-order valence-electron chi connectivity index (χ3n) is 4.23. The average Bonchev–Trinajstić information content (AvgIpc) is 2.48. The number of hydrogen-bond acceptors (Lipinski definition) is 3. The van der Waals surface area contributed by atoms with Gasteiger partial charge in [0, 0.05) is 18.2 Å². The van der Waals surface area contributed by atoms with E-state index in [1.807, 2.05) is 6.92 Å². The van der Waals surface area contributed by atoms with E-state index in [1.165, 1.54) is 19.3 Å². The Morgan fingerprint density at radius 1 is 1.43 bits per heavy atom. The molecule has 1 N–H and O–H groups in total. The van der Waals surface area contributed by atoms with E-state index in [0.29, 0.717) is 5.92 Å². The zero-order valence-electron chi connectivity index (χ0n) is 12.1. The molecule has 1 unspecified atom stereocenters. The topological polar surface area (TPSA) is 55.2 Å². The Labute approximate surface area is 128 Å². The summed E-state index contributed by atoms with van der Waals surface area (Å²) < 4.78 is 13.6. The van der Waals surface area contributed by atoms with Gasteiger partial charge in [-0.2, -0.15) is 0 Å². The fourth-order valence-corrected chi connectivity index (χ4v) is 3.25. The lowest BCUT2D eigenvalue weighted by atomic mass is 9.83. The smallest absolute Gasteiger partial charge is 0.294 e. The lowest BCUT2D eigenvalue weighted by molar-refractivity contribution is -0.384. The highest BCUT2D eigenvalue weighted by molar-refractivity contribution is 6.31. The molecular formula is C15H20ClFN2O2. The summed E-state index contributed by atoms with van der Waals surface area (Å²) in [6.45, 7) is 2.05. The molecule has 1 fully saturated rings. The number of nitrogens with one attached hydrogen (secondary N) is 1. The first-order valence-electron chi connectivity index (χ1n) is 7.43. The van der Waals surface area contributed by atoms with Crippen molar-refractivity contribution in [1.29, 1.82) is 0 Å². The molecule has 0 spiro atoms. The van der Waals surface area contributed by atoms with Crippen LogP contribution < -0.4 is 5.32 Å². The summed E-state index contributed by atoms with van der Waals surface area (Å²) in [4.78, 5) is 10.6. The summed E-state index contributed by atoms with van der Waals surface area (Å²) in [6, 6.07) is 2.34. The Morgan fingerprint density at radius 3 is 2.67 bits per heavy atom. The van der Waals surface area contributed by atoms with Crippen LogP contribution in [0.3, 0.4) is 0 Å². The number of halogens is 2. The molecule has 0 aromatic heterocycles. The van der Waals surface area contributed by atoms with E-state index < -0.39 is 10.7 Å². The monoisotopic (exact) mass is 314 g/mol. The largest absolute Gasteiger partial charge is 0.376 e. The van der Waals surface area contributed by atoms with Gasteiger partial charge >= 0.3 is 0 Å². The van der Waals surface area contributed by atoms with E-state index in [-0.39, 0.29) is 22.4 Å². The summed E-state index contributed by atoms with van der Waals surface area (Å²) in [5, 5.41) is 14.1. The van der Waals surface area contributed by atoms with Crippen LogP contribution in [0.25, 0.3) is 0 Å². The molecule has 0 aliphatic heterocycles. The molecule has 0 saturated heterocycles. The first-order valence-corrected chi connectivity index (χ1v) is 7.80. The molecule has 6 heteroatoms. The zero-order chi connectivity index (χ0) is 15.4. The molecule has 116 valence electrons. The highest BCUT2D eigenvalue weighted by Crippen LogP contribution is 2.34. The second kappa shape index (κ2) is 7.07. The maximum atomic E-state index is 13.6. The minimum absolute atomic E-state index is 0.129. The highest BCUT2D eigenvalue weighted by atomic mass is 35.5. The number of anilines is 1. The normalized spacial score (nSPS) is 17.5. The zero-order valence-corrected chi connectivity index (χ0v) is 12.8. The number of benzene rings is 1. The quantitative estimate of drug-likeness (QED) is 0.603. The van der Waals surface area contributed by atoms with Gasteiger partial charge in [-0.3, -0.25) is 10.1 Å². The molecule has 1 aliphatic rings. The number of nitro benzene ring substituents is 1. The molecule has 0 heterocycles. The number of nitrogens with zero attached hydrogens (tertiary/aromatic N) is 1. The second-order valence-corrected chi connectivity index (χ2v) is 6.00. The van der Waals surface area contributed by atoms with Crippen molar-refractivity contribution in [3.8, 4) is 0 Å². The molecule has 1 aromatic rings. The Balaban J connectivity index is 2.23. The molecule has 0 bridgehead atoms. The minimum Gasteiger partial charge on any atom is -0.376 e. The molecule has 0 amide bonds. The van der Waals surface area contributed by atoms with Crippen LogP contribution in [0.15, 0.2) is 12.1 Å². The minimum atomic E-state index is -0.636. The predicted molar refractivity (Wildman–Crippen MR) is 82.3 cm³/mol. The van der Waals surface area contributed by atoms with Crippen LogP contribution in [0.5, 0.6) is 0 Å². The van der Waals surface area contributed by atoms with Crippen molar-refractivity contribution in [3.05, 3.63) is 33.1 Å². The lowest BCUT2D eigenvalue weighted by Crippen LogP contribution is -2.30. The molecule has 2 rings (SSSR count). The summed E-state index contributed by atoms with van der Waals surface area (Å²) >= 11 is 5.64. The van der Waals surface area contributed by atoms with Gasteiger partial charge in [-0.05, 0) is 25.2 Å². The number of rotatable bonds is 5. The summed E-state index contributed by atoms with van der Waals surface area (Å²) in [6.07, 6.45) is 6.74. The van der Waals surface area contributed by atoms with E-state index in [4.69, 9.17) is 11.6 Å². The van der Waals surface area contributed by atoms with Crippen LogP contribution in [-0.2, 0) is 0 Å². The molecule has 0 radical (unpaired) electrons. The van der Waals surface area contributed by atoms with Crippen molar-refractivity contribution in [2.45, 2.75) is 51.5 Å². The van der Waals surface area contributed by atoms with Crippen LogP contribution in [-0.4, -0.2) is 11.0 Å². The van der Waals surface area contributed by atoms with Gasteiger partial charge in [0.2, 0.25) is 0 Å². The van der Waals surface area contributed by atoms with Crippen molar-refractivity contribution >= 4 is 23.0 Å². The molecule has 1 atom stereocenters. The van der Waals surface area contributed by atoms with E-state index in [2.05, 4.69) is 5.32 Å². The SMILES string of the molecule is CCC(Nc1cc(F)c(Cl)cc1[N+](=O)[O-])C1CCCCC1. The second-order valence-electron chi connectivity index (χ2n) is 5.60. The summed E-state index contributed by atoms with van der Waals surface area (Å²) in [5.41, 5.74) is 0.0509. The maximum absolute atomic E-state index is 13.6. The molecular weight excluding hydrogens is 295 g/mol. The van der Waals surface area contributed by atoms with Crippen LogP contribution in [0.2, 0.25) is 5.02 Å². The van der Waals surface area contributed by atoms with Gasteiger partial charge < -0.3 is 5.32 Å². The molecule has 1 aliphatic carbocycles. The van der Waals surface area contributed by atoms with Crippen LogP contribution in [0, 0.1) is 21.8 Å². The van der Waals surface area contributed by atoms with Crippen LogP contribution in [0.1, 0.15) is 45.4 Å². The van der Waals surface area contributed by atoms with Gasteiger partial charge in [0.15, 0.2) is 0 Å². The van der Waals surface area contributed by atoms with Crippen molar-refractivity contribution < 1.29 is 9.31 Å². The van der Waals surface area contributed by atoms with Crippen molar-refractivity contribution in [2.24, 2.45) is 5.92 Å². The molecule has 4 nitrogen and oxygen atoms in total. The molecule has 21 heavy (non-hydrogen) atoms. The van der Waals surface area contributed by atoms with Crippen molar-refractivity contribution in [2.75, 3.05) is 5.32 Å². The Morgan fingerprint density at radius 2 is 2.10 bits per heavy atom. The van der Waals surface area contributed by atoms with Gasteiger partial charge in [0.1, 0.15) is 11.5 Å². The van der Waals surface area contributed by atoms with E-state index in [0.717, 1.165) is 31.4 Å². The first-order chi connectivity index (χ1) is 10.0. The van der Waals surface area contributed by atoms with E-state index in [9.17, 15) is 14.5 Å². The number of hydrogen-bond donors (Lipinski definition) is 1. The Bertz CT molecular complexity index is 519. The average molecular weight is 315 g/mol. The van der Waals surface area contributed by atoms with Crippen LogP contribution in [0.4, 0.5) is 15.8 Å². The predicted octanol–water partition coefficient (Wildman–Crippen LogP) is 5.16. The van der Waals surface area contributed by atoms with Crippen molar-refractivity contribution in [1.82, 2.24) is 0 Å². The van der Waals surface area contributed by atoms with Gasteiger partial charge in [-0.15, -0.1) is 0 Å². The van der Waals surface area contributed by atoms with Gasteiger partial charge in [-0.1, -0.05) is 37.8 Å². The maximum Gasteiger partial charge on any atom is 0.294 e. The Hall–Kier alpha value is -1.36. The van der Waals surface area contributed by atoms with Gasteiger partial charge in [0.05, 0.1) is 9.95 Å².